The number of carbonyl (C=O) groups is 2. The third-order valence-corrected chi connectivity index (χ3v) is 4.58. The van der Waals surface area contributed by atoms with Crippen molar-refractivity contribution < 1.29 is 9.59 Å². The first-order valence-electron chi connectivity index (χ1n) is 6.71. The fourth-order valence-electron chi connectivity index (χ4n) is 2.43. The molecule has 1 aromatic heterocycles. The lowest BCUT2D eigenvalue weighted by molar-refractivity contribution is -0.150. The van der Waals surface area contributed by atoms with Crippen molar-refractivity contribution in [2.24, 2.45) is 0 Å². The molecule has 4 nitrogen and oxygen atoms in total. The summed E-state index contributed by atoms with van der Waals surface area (Å²) in [5, 5.41) is 6.94. The van der Waals surface area contributed by atoms with Crippen molar-refractivity contribution in [2.45, 2.75) is 52.2 Å². The van der Waals surface area contributed by atoms with Crippen LogP contribution in [0.5, 0.6) is 0 Å². The molecule has 104 valence electrons. The van der Waals surface area contributed by atoms with Gasteiger partial charge in [0.2, 0.25) is 11.8 Å². The third kappa shape index (κ3) is 2.66. The molecule has 1 aliphatic rings. The number of aryl methyl sites for hydroxylation is 1. The summed E-state index contributed by atoms with van der Waals surface area (Å²) in [5.41, 5.74) is 2.33. The standard InChI is InChI=1S/C14H20N2O2S/c1-4-11-14(18)16(12(5-2)13(17)15-11)6-10-8-19-7-9(10)3/h7-8,11-12H,4-6H2,1-3H3,(H,15,17). The highest BCUT2D eigenvalue weighted by molar-refractivity contribution is 7.08. The van der Waals surface area contributed by atoms with Gasteiger partial charge in [0.25, 0.3) is 0 Å². The van der Waals surface area contributed by atoms with E-state index in [2.05, 4.69) is 16.1 Å². The highest BCUT2D eigenvalue weighted by Crippen LogP contribution is 2.21. The zero-order valence-corrected chi connectivity index (χ0v) is 12.4. The van der Waals surface area contributed by atoms with E-state index in [1.165, 1.54) is 5.56 Å². The largest absolute Gasteiger partial charge is 0.343 e. The van der Waals surface area contributed by atoms with Crippen molar-refractivity contribution in [3.05, 3.63) is 21.9 Å². The Morgan fingerprint density at radius 3 is 2.53 bits per heavy atom. The van der Waals surface area contributed by atoms with E-state index in [4.69, 9.17) is 0 Å². The molecule has 0 radical (unpaired) electrons. The van der Waals surface area contributed by atoms with Gasteiger partial charge >= 0.3 is 0 Å². The molecule has 0 bridgehead atoms. The molecule has 1 fully saturated rings. The Morgan fingerprint density at radius 1 is 1.26 bits per heavy atom. The van der Waals surface area contributed by atoms with Crippen LogP contribution in [0.15, 0.2) is 10.8 Å². The summed E-state index contributed by atoms with van der Waals surface area (Å²) in [6, 6.07) is -0.705. The van der Waals surface area contributed by atoms with Crippen LogP contribution in [0.3, 0.4) is 0 Å². The van der Waals surface area contributed by atoms with E-state index in [9.17, 15) is 9.59 Å². The molecule has 2 rings (SSSR count). The van der Waals surface area contributed by atoms with Crippen molar-refractivity contribution in [3.63, 3.8) is 0 Å². The van der Waals surface area contributed by atoms with Crippen LogP contribution < -0.4 is 5.32 Å². The van der Waals surface area contributed by atoms with Crippen molar-refractivity contribution in [1.29, 1.82) is 0 Å². The Kier molecular flexibility index (Phi) is 4.24. The molecule has 0 spiro atoms. The molecular formula is C14H20N2O2S. The minimum absolute atomic E-state index is 0.0261. The summed E-state index contributed by atoms with van der Waals surface area (Å²) in [5.74, 6) is 0.0152. The van der Waals surface area contributed by atoms with Crippen LogP contribution in [0, 0.1) is 6.92 Å². The molecule has 1 saturated heterocycles. The lowest BCUT2D eigenvalue weighted by Crippen LogP contribution is -2.62. The number of nitrogens with zero attached hydrogens (tertiary/aromatic N) is 1. The molecular weight excluding hydrogens is 260 g/mol. The van der Waals surface area contributed by atoms with Crippen molar-refractivity contribution in [3.8, 4) is 0 Å². The van der Waals surface area contributed by atoms with E-state index in [1.54, 1.807) is 16.2 Å². The van der Waals surface area contributed by atoms with Crippen LogP contribution in [0.25, 0.3) is 0 Å². The van der Waals surface area contributed by atoms with E-state index < -0.39 is 0 Å². The van der Waals surface area contributed by atoms with Crippen LogP contribution in [0.1, 0.15) is 37.8 Å². The van der Waals surface area contributed by atoms with E-state index in [0.717, 1.165) is 5.56 Å². The Morgan fingerprint density at radius 2 is 2.00 bits per heavy atom. The molecule has 2 atom stereocenters. The number of hydrogen-bond donors (Lipinski definition) is 1. The van der Waals surface area contributed by atoms with Crippen LogP contribution in [0.2, 0.25) is 0 Å². The Labute approximate surface area is 117 Å². The molecule has 0 saturated carbocycles. The monoisotopic (exact) mass is 280 g/mol. The van der Waals surface area contributed by atoms with E-state index in [-0.39, 0.29) is 23.9 Å². The van der Waals surface area contributed by atoms with Crippen LogP contribution in [-0.2, 0) is 16.1 Å². The zero-order valence-electron chi connectivity index (χ0n) is 11.6. The lowest BCUT2D eigenvalue weighted by Gasteiger charge is -2.38. The lowest BCUT2D eigenvalue weighted by atomic mass is 10.0. The SMILES string of the molecule is CCC1NC(=O)C(CC)N(Cc2cscc2C)C1=O. The van der Waals surface area contributed by atoms with Gasteiger partial charge in [-0.2, -0.15) is 11.3 Å². The second kappa shape index (κ2) is 5.74. The average Bonchev–Trinajstić information content (AvgIpc) is 2.79. The molecule has 1 N–H and O–H groups in total. The predicted octanol–water partition coefficient (Wildman–Crippen LogP) is 2.07. The van der Waals surface area contributed by atoms with Gasteiger partial charge in [0.1, 0.15) is 12.1 Å². The third-order valence-electron chi connectivity index (χ3n) is 3.67. The van der Waals surface area contributed by atoms with Gasteiger partial charge in [0.15, 0.2) is 0 Å². The summed E-state index contributed by atoms with van der Waals surface area (Å²) in [6.07, 6.45) is 1.29. The van der Waals surface area contributed by atoms with Gasteiger partial charge in [0, 0.05) is 6.54 Å². The number of carbonyl (C=O) groups excluding carboxylic acids is 2. The number of rotatable bonds is 4. The zero-order chi connectivity index (χ0) is 14.0. The predicted molar refractivity (Wildman–Crippen MR) is 75.9 cm³/mol. The van der Waals surface area contributed by atoms with Crippen LogP contribution in [-0.4, -0.2) is 28.8 Å². The maximum atomic E-state index is 12.4. The summed E-state index contributed by atoms with van der Waals surface area (Å²) >= 11 is 1.63. The van der Waals surface area contributed by atoms with Crippen molar-refractivity contribution in [1.82, 2.24) is 10.2 Å². The number of thiophene rings is 1. The van der Waals surface area contributed by atoms with Gasteiger partial charge in [0.05, 0.1) is 0 Å². The molecule has 2 unspecified atom stereocenters. The molecule has 1 aliphatic heterocycles. The maximum Gasteiger partial charge on any atom is 0.246 e. The molecule has 2 heterocycles. The normalized spacial score (nSPS) is 23.6. The van der Waals surface area contributed by atoms with Crippen molar-refractivity contribution in [2.75, 3.05) is 0 Å². The van der Waals surface area contributed by atoms with E-state index in [0.29, 0.717) is 19.4 Å². The van der Waals surface area contributed by atoms with Crippen LogP contribution >= 0.6 is 11.3 Å². The fraction of sp³-hybridized carbons (Fsp3) is 0.571. The number of piperazine rings is 1. The number of amides is 2. The first kappa shape index (κ1) is 14.1. The highest BCUT2D eigenvalue weighted by Gasteiger charge is 2.38. The minimum Gasteiger partial charge on any atom is -0.343 e. The molecule has 5 heteroatoms. The molecule has 0 aliphatic carbocycles. The summed E-state index contributed by atoms with van der Waals surface area (Å²) < 4.78 is 0. The Balaban J connectivity index is 2.24. The van der Waals surface area contributed by atoms with Gasteiger partial charge in [-0.25, -0.2) is 0 Å². The molecule has 0 aromatic carbocycles. The first-order chi connectivity index (χ1) is 9.08. The fourth-order valence-corrected chi connectivity index (χ4v) is 3.28. The highest BCUT2D eigenvalue weighted by atomic mass is 32.1. The summed E-state index contributed by atoms with van der Waals surface area (Å²) in [4.78, 5) is 26.2. The Bertz CT molecular complexity index is 484. The molecule has 2 amide bonds. The number of hydrogen-bond acceptors (Lipinski definition) is 3. The smallest absolute Gasteiger partial charge is 0.246 e. The minimum atomic E-state index is -0.366. The van der Waals surface area contributed by atoms with Gasteiger partial charge in [-0.1, -0.05) is 13.8 Å². The maximum absolute atomic E-state index is 12.4. The van der Waals surface area contributed by atoms with Gasteiger partial charge < -0.3 is 10.2 Å². The van der Waals surface area contributed by atoms with Gasteiger partial charge in [-0.05, 0) is 41.7 Å². The molecule has 19 heavy (non-hydrogen) atoms. The average molecular weight is 280 g/mol. The topological polar surface area (TPSA) is 49.4 Å². The number of nitrogens with one attached hydrogen (secondary N) is 1. The summed E-state index contributed by atoms with van der Waals surface area (Å²) in [6.45, 7) is 6.44. The van der Waals surface area contributed by atoms with E-state index in [1.807, 2.05) is 20.8 Å². The van der Waals surface area contributed by atoms with Crippen LogP contribution in [0.4, 0.5) is 0 Å². The summed E-state index contributed by atoms with van der Waals surface area (Å²) in [7, 11) is 0. The second-order valence-corrected chi connectivity index (χ2v) is 5.68. The first-order valence-corrected chi connectivity index (χ1v) is 7.65. The van der Waals surface area contributed by atoms with Crippen molar-refractivity contribution >= 4 is 23.2 Å². The molecule has 1 aromatic rings. The van der Waals surface area contributed by atoms with E-state index >= 15 is 0 Å². The van der Waals surface area contributed by atoms with Gasteiger partial charge in [-0.15, -0.1) is 0 Å². The Hall–Kier alpha value is -1.36. The quantitative estimate of drug-likeness (QED) is 0.918. The second-order valence-electron chi connectivity index (χ2n) is 4.94. The van der Waals surface area contributed by atoms with Gasteiger partial charge in [-0.3, -0.25) is 9.59 Å².